The molecule has 2 nitrogen and oxygen atoms in total. The van der Waals surface area contributed by atoms with Gasteiger partial charge in [-0.1, -0.05) is 20.3 Å². The molecule has 62 valence electrons. The second-order valence-corrected chi connectivity index (χ2v) is 3.40. The summed E-state index contributed by atoms with van der Waals surface area (Å²) in [6.45, 7) is 4.50. The smallest absolute Gasteiger partial charge is 0.139 e. The fourth-order valence-corrected chi connectivity index (χ4v) is 1.17. The molecule has 1 heterocycles. The van der Waals surface area contributed by atoms with Gasteiger partial charge in [0, 0.05) is 12.4 Å². The standard InChI is InChI=1S/C9H16N2/c1-8(2)4-3-5-9-10-6-7-11-9/h6-9H,3-5H2,1-2H3. The first kappa shape index (κ1) is 8.44. The lowest BCUT2D eigenvalue weighted by Gasteiger charge is -2.05. The Morgan fingerprint density at radius 3 is 2.45 bits per heavy atom. The van der Waals surface area contributed by atoms with Crippen molar-refractivity contribution in [2.45, 2.75) is 39.3 Å². The fourth-order valence-electron chi connectivity index (χ4n) is 1.17. The zero-order chi connectivity index (χ0) is 8.10. The van der Waals surface area contributed by atoms with Crippen LogP contribution in [-0.2, 0) is 0 Å². The second kappa shape index (κ2) is 4.27. The van der Waals surface area contributed by atoms with E-state index in [-0.39, 0.29) is 6.17 Å². The Bertz CT molecular complexity index is 147. The Morgan fingerprint density at radius 1 is 1.27 bits per heavy atom. The van der Waals surface area contributed by atoms with Crippen molar-refractivity contribution in [2.24, 2.45) is 15.9 Å². The maximum Gasteiger partial charge on any atom is 0.139 e. The third kappa shape index (κ3) is 3.30. The van der Waals surface area contributed by atoms with E-state index in [0.717, 1.165) is 12.3 Å². The number of hydrogen-bond acceptors (Lipinski definition) is 2. The highest BCUT2D eigenvalue weighted by Gasteiger charge is 2.05. The zero-order valence-corrected chi connectivity index (χ0v) is 7.33. The van der Waals surface area contributed by atoms with E-state index >= 15 is 0 Å². The van der Waals surface area contributed by atoms with Crippen molar-refractivity contribution in [1.29, 1.82) is 0 Å². The molecule has 2 heteroatoms. The minimum atomic E-state index is 0.244. The molecule has 0 aliphatic carbocycles. The highest BCUT2D eigenvalue weighted by atomic mass is 15.0. The molecule has 1 rings (SSSR count). The Kier molecular flexibility index (Phi) is 3.27. The summed E-state index contributed by atoms with van der Waals surface area (Å²) in [6, 6.07) is 0. The van der Waals surface area contributed by atoms with E-state index in [4.69, 9.17) is 0 Å². The average molecular weight is 152 g/mol. The van der Waals surface area contributed by atoms with Gasteiger partial charge >= 0.3 is 0 Å². The van der Waals surface area contributed by atoms with E-state index in [1.54, 1.807) is 12.4 Å². The summed E-state index contributed by atoms with van der Waals surface area (Å²) >= 11 is 0. The molecule has 0 unspecified atom stereocenters. The van der Waals surface area contributed by atoms with Gasteiger partial charge in [0.25, 0.3) is 0 Å². The summed E-state index contributed by atoms with van der Waals surface area (Å²) in [7, 11) is 0. The summed E-state index contributed by atoms with van der Waals surface area (Å²) in [5, 5.41) is 0. The van der Waals surface area contributed by atoms with Crippen molar-refractivity contribution >= 4 is 12.4 Å². The van der Waals surface area contributed by atoms with Crippen LogP contribution in [0, 0.1) is 5.92 Å². The van der Waals surface area contributed by atoms with Crippen LogP contribution >= 0.6 is 0 Å². The van der Waals surface area contributed by atoms with Crippen LogP contribution in [0.3, 0.4) is 0 Å². The van der Waals surface area contributed by atoms with Crippen molar-refractivity contribution < 1.29 is 0 Å². The number of nitrogens with zero attached hydrogens (tertiary/aromatic N) is 2. The van der Waals surface area contributed by atoms with E-state index in [9.17, 15) is 0 Å². The summed E-state index contributed by atoms with van der Waals surface area (Å²) in [6.07, 6.45) is 7.48. The molecule has 0 N–H and O–H groups in total. The molecule has 0 atom stereocenters. The van der Waals surface area contributed by atoms with Gasteiger partial charge in [-0.05, 0) is 18.8 Å². The highest BCUT2D eigenvalue weighted by Crippen LogP contribution is 2.11. The van der Waals surface area contributed by atoms with Gasteiger partial charge in [-0.25, -0.2) is 0 Å². The normalized spacial score (nSPS) is 17.0. The fraction of sp³-hybridized carbons (Fsp3) is 0.778. The minimum Gasteiger partial charge on any atom is -0.265 e. The molecule has 0 fully saturated rings. The van der Waals surface area contributed by atoms with Crippen molar-refractivity contribution in [3.63, 3.8) is 0 Å². The SMILES string of the molecule is CC(C)CCCC1N=CC=N1. The molecule has 1 aliphatic rings. The maximum atomic E-state index is 4.19. The maximum absolute atomic E-state index is 4.19. The lowest BCUT2D eigenvalue weighted by molar-refractivity contribution is 0.509. The lowest BCUT2D eigenvalue weighted by Crippen LogP contribution is -1.97. The lowest BCUT2D eigenvalue weighted by atomic mass is 10.1. The number of aliphatic imine (C=N–C) groups is 2. The van der Waals surface area contributed by atoms with Crippen LogP contribution in [0.5, 0.6) is 0 Å². The molecule has 0 spiro atoms. The predicted octanol–water partition coefficient (Wildman–Crippen LogP) is 2.29. The molecule has 0 bridgehead atoms. The van der Waals surface area contributed by atoms with Crippen molar-refractivity contribution in [3.05, 3.63) is 0 Å². The van der Waals surface area contributed by atoms with Gasteiger partial charge in [-0.3, -0.25) is 9.98 Å². The third-order valence-corrected chi connectivity index (χ3v) is 1.83. The molecule has 0 aromatic carbocycles. The summed E-state index contributed by atoms with van der Waals surface area (Å²) in [4.78, 5) is 8.37. The van der Waals surface area contributed by atoms with Gasteiger partial charge < -0.3 is 0 Å². The molecular formula is C9H16N2. The molecule has 0 amide bonds. The first-order valence-electron chi connectivity index (χ1n) is 4.34. The summed E-state index contributed by atoms with van der Waals surface area (Å²) in [5.41, 5.74) is 0. The van der Waals surface area contributed by atoms with Crippen LogP contribution in [0.15, 0.2) is 9.98 Å². The quantitative estimate of drug-likeness (QED) is 0.590. The van der Waals surface area contributed by atoms with Crippen LogP contribution in [0.1, 0.15) is 33.1 Å². The van der Waals surface area contributed by atoms with Gasteiger partial charge in [-0.15, -0.1) is 0 Å². The van der Waals surface area contributed by atoms with Gasteiger partial charge in [-0.2, -0.15) is 0 Å². The van der Waals surface area contributed by atoms with E-state index in [1.165, 1.54) is 12.8 Å². The number of hydrogen-bond donors (Lipinski definition) is 0. The Balaban J connectivity index is 2.03. The second-order valence-electron chi connectivity index (χ2n) is 3.40. The molecule has 11 heavy (non-hydrogen) atoms. The predicted molar refractivity (Wildman–Crippen MR) is 49.5 cm³/mol. The molecule has 0 saturated carbocycles. The summed E-state index contributed by atoms with van der Waals surface area (Å²) in [5.74, 6) is 0.810. The Hall–Kier alpha value is -0.660. The van der Waals surface area contributed by atoms with Crippen LogP contribution in [-0.4, -0.2) is 18.6 Å². The van der Waals surface area contributed by atoms with Gasteiger partial charge in [0.15, 0.2) is 0 Å². The largest absolute Gasteiger partial charge is 0.265 e. The molecule has 0 aromatic rings. The molecule has 0 aromatic heterocycles. The highest BCUT2D eigenvalue weighted by molar-refractivity contribution is 6.17. The van der Waals surface area contributed by atoms with Crippen molar-refractivity contribution in [2.75, 3.05) is 0 Å². The van der Waals surface area contributed by atoms with Crippen LogP contribution in [0.25, 0.3) is 0 Å². The minimum absolute atomic E-state index is 0.244. The molecular weight excluding hydrogens is 136 g/mol. The molecule has 0 saturated heterocycles. The van der Waals surface area contributed by atoms with Crippen molar-refractivity contribution in [3.8, 4) is 0 Å². The topological polar surface area (TPSA) is 24.7 Å². The Morgan fingerprint density at radius 2 is 1.91 bits per heavy atom. The van der Waals surface area contributed by atoms with E-state index in [2.05, 4.69) is 23.8 Å². The molecule has 1 aliphatic heterocycles. The zero-order valence-electron chi connectivity index (χ0n) is 7.33. The van der Waals surface area contributed by atoms with E-state index in [1.807, 2.05) is 0 Å². The van der Waals surface area contributed by atoms with E-state index < -0.39 is 0 Å². The van der Waals surface area contributed by atoms with Crippen LogP contribution < -0.4 is 0 Å². The van der Waals surface area contributed by atoms with Gasteiger partial charge in [0.2, 0.25) is 0 Å². The first-order valence-corrected chi connectivity index (χ1v) is 4.34. The number of rotatable bonds is 4. The van der Waals surface area contributed by atoms with Gasteiger partial charge in [0.05, 0.1) is 0 Å². The van der Waals surface area contributed by atoms with Crippen LogP contribution in [0.4, 0.5) is 0 Å². The van der Waals surface area contributed by atoms with E-state index in [0.29, 0.717) is 0 Å². The molecule has 0 radical (unpaired) electrons. The summed E-state index contributed by atoms with van der Waals surface area (Å²) < 4.78 is 0. The monoisotopic (exact) mass is 152 g/mol. The van der Waals surface area contributed by atoms with Gasteiger partial charge in [0.1, 0.15) is 6.17 Å². The Labute approximate surface area is 68.4 Å². The van der Waals surface area contributed by atoms with Crippen LogP contribution in [0.2, 0.25) is 0 Å². The average Bonchev–Trinajstić information content (AvgIpc) is 2.39. The first-order chi connectivity index (χ1) is 5.29. The third-order valence-electron chi connectivity index (χ3n) is 1.83. The van der Waals surface area contributed by atoms with Crippen molar-refractivity contribution in [1.82, 2.24) is 0 Å².